The molecular formula is C12H12N2O3. The molecule has 1 aromatic heterocycles. The van der Waals surface area contributed by atoms with Gasteiger partial charge in [0.05, 0.1) is 25.4 Å². The van der Waals surface area contributed by atoms with Crippen LogP contribution in [0, 0.1) is 0 Å². The molecule has 5 heteroatoms. The van der Waals surface area contributed by atoms with Crippen LogP contribution in [0.5, 0.6) is 5.75 Å². The third-order valence-electron chi connectivity index (χ3n) is 2.41. The van der Waals surface area contributed by atoms with Crippen LogP contribution in [-0.2, 0) is 6.54 Å². The first-order valence-corrected chi connectivity index (χ1v) is 5.08. The van der Waals surface area contributed by atoms with Gasteiger partial charge in [0.2, 0.25) is 0 Å². The Balaban J connectivity index is 2.22. The summed E-state index contributed by atoms with van der Waals surface area (Å²) < 4.78 is 6.79. The zero-order chi connectivity index (χ0) is 12.3. The molecule has 0 saturated carbocycles. The minimum atomic E-state index is -0.976. The van der Waals surface area contributed by atoms with E-state index in [1.165, 1.54) is 12.4 Å². The first-order chi connectivity index (χ1) is 8.20. The molecule has 0 radical (unpaired) electrons. The Morgan fingerprint density at radius 3 is 2.88 bits per heavy atom. The maximum absolute atomic E-state index is 10.7. The molecule has 0 aliphatic heterocycles. The van der Waals surface area contributed by atoms with E-state index in [0.717, 1.165) is 11.3 Å². The predicted octanol–water partition coefficient (Wildman–Crippen LogP) is 1.64. The molecule has 0 aliphatic rings. The Bertz CT molecular complexity index is 534. The summed E-state index contributed by atoms with van der Waals surface area (Å²) in [6.07, 6.45) is 2.83. The summed E-state index contributed by atoms with van der Waals surface area (Å²) in [5.74, 6) is -0.212. The van der Waals surface area contributed by atoms with Crippen LogP contribution in [0.25, 0.3) is 0 Å². The van der Waals surface area contributed by atoms with Crippen LogP contribution in [0.1, 0.15) is 15.9 Å². The zero-order valence-electron chi connectivity index (χ0n) is 9.33. The van der Waals surface area contributed by atoms with Crippen molar-refractivity contribution in [2.45, 2.75) is 6.54 Å². The van der Waals surface area contributed by atoms with Crippen molar-refractivity contribution in [3.05, 3.63) is 47.8 Å². The van der Waals surface area contributed by atoms with Crippen LogP contribution in [0.2, 0.25) is 0 Å². The topological polar surface area (TPSA) is 64.3 Å². The number of para-hydroxylation sites is 1. The molecule has 0 bridgehead atoms. The van der Waals surface area contributed by atoms with Gasteiger partial charge in [0, 0.05) is 11.8 Å². The largest absolute Gasteiger partial charge is 0.496 e. The Morgan fingerprint density at radius 1 is 1.47 bits per heavy atom. The number of rotatable bonds is 4. The highest BCUT2D eigenvalue weighted by Gasteiger charge is 2.07. The van der Waals surface area contributed by atoms with Gasteiger partial charge in [0.15, 0.2) is 0 Å². The smallest absolute Gasteiger partial charge is 0.338 e. The second-order valence-electron chi connectivity index (χ2n) is 3.54. The van der Waals surface area contributed by atoms with Crippen molar-refractivity contribution in [1.82, 2.24) is 9.78 Å². The number of carbonyl (C=O) groups is 1. The lowest BCUT2D eigenvalue weighted by atomic mass is 10.2. The molecule has 5 nitrogen and oxygen atoms in total. The monoisotopic (exact) mass is 232 g/mol. The Hall–Kier alpha value is -2.30. The molecule has 88 valence electrons. The first-order valence-electron chi connectivity index (χ1n) is 5.08. The fraction of sp³-hybridized carbons (Fsp3) is 0.167. The minimum Gasteiger partial charge on any atom is -0.496 e. The van der Waals surface area contributed by atoms with E-state index in [2.05, 4.69) is 5.10 Å². The predicted molar refractivity (Wildman–Crippen MR) is 61.3 cm³/mol. The summed E-state index contributed by atoms with van der Waals surface area (Å²) in [6, 6.07) is 7.56. The molecule has 0 spiro atoms. The molecule has 1 N–H and O–H groups in total. The highest BCUT2D eigenvalue weighted by Crippen LogP contribution is 2.18. The average Bonchev–Trinajstić information content (AvgIpc) is 2.78. The number of aromatic carboxylic acids is 1. The minimum absolute atomic E-state index is 0.180. The van der Waals surface area contributed by atoms with E-state index in [9.17, 15) is 4.79 Å². The van der Waals surface area contributed by atoms with Gasteiger partial charge in [-0.05, 0) is 6.07 Å². The van der Waals surface area contributed by atoms with E-state index in [1.807, 2.05) is 24.3 Å². The number of benzene rings is 1. The highest BCUT2D eigenvalue weighted by atomic mass is 16.5. The molecule has 2 aromatic rings. The van der Waals surface area contributed by atoms with Crippen LogP contribution in [0.3, 0.4) is 0 Å². The molecule has 17 heavy (non-hydrogen) atoms. The molecule has 2 rings (SSSR count). The van der Waals surface area contributed by atoms with Crippen LogP contribution < -0.4 is 4.74 Å². The van der Waals surface area contributed by atoms with Gasteiger partial charge in [-0.2, -0.15) is 5.10 Å². The van der Waals surface area contributed by atoms with Crippen molar-refractivity contribution < 1.29 is 14.6 Å². The van der Waals surface area contributed by atoms with Gasteiger partial charge in [-0.25, -0.2) is 4.79 Å². The molecule has 0 fully saturated rings. The summed E-state index contributed by atoms with van der Waals surface area (Å²) in [4.78, 5) is 10.7. The van der Waals surface area contributed by atoms with Gasteiger partial charge in [-0.3, -0.25) is 4.68 Å². The van der Waals surface area contributed by atoms with E-state index in [1.54, 1.807) is 11.8 Å². The van der Waals surface area contributed by atoms with Gasteiger partial charge in [-0.1, -0.05) is 18.2 Å². The SMILES string of the molecule is COc1ccccc1Cn1cc(C(=O)O)cn1. The van der Waals surface area contributed by atoms with Crippen LogP contribution in [0.15, 0.2) is 36.7 Å². The van der Waals surface area contributed by atoms with Crippen molar-refractivity contribution in [2.24, 2.45) is 0 Å². The van der Waals surface area contributed by atoms with Gasteiger partial charge in [0.25, 0.3) is 0 Å². The number of ether oxygens (including phenoxy) is 1. The van der Waals surface area contributed by atoms with Crippen LogP contribution >= 0.6 is 0 Å². The first kappa shape index (κ1) is 11.2. The van der Waals surface area contributed by atoms with Crippen molar-refractivity contribution >= 4 is 5.97 Å². The lowest BCUT2D eigenvalue weighted by Crippen LogP contribution is -2.02. The number of hydrogen-bond donors (Lipinski definition) is 1. The molecule has 1 heterocycles. The summed E-state index contributed by atoms with van der Waals surface area (Å²) in [7, 11) is 1.60. The standard InChI is InChI=1S/C12H12N2O3/c1-17-11-5-3-2-4-9(11)7-14-8-10(6-13-14)12(15)16/h2-6,8H,7H2,1H3,(H,15,16). The van der Waals surface area contributed by atoms with E-state index in [4.69, 9.17) is 9.84 Å². The number of aromatic nitrogens is 2. The van der Waals surface area contributed by atoms with E-state index in [-0.39, 0.29) is 5.56 Å². The number of nitrogens with zero attached hydrogens (tertiary/aromatic N) is 2. The van der Waals surface area contributed by atoms with Crippen molar-refractivity contribution in [3.8, 4) is 5.75 Å². The number of methoxy groups -OCH3 is 1. The second-order valence-corrected chi connectivity index (χ2v) is 3.54. The summed E-state index contributed by atoms with van der Waals surface area (Å²) in [5.41, 5.74) is 1.13. The zero-order valence-corrected chi connectivity index (χ0v) is 9.33. The van der Waals surface area contributed by atoms with Crippen LogP contribution in [0.4, 0.5) is 0 Å². The van der Waals surface area contributed by atoms with Crippen molar-refractivity contribution in [1.29, 1.82) is 0 Å². The van der Waals surface area contributed by atoms with Gasteiger partial charge < -0.3 is 9.84 Å². The third-order valence-corrected chi connectivity index (χ3v) is 2.41. The van der Waals surface area contributed by atoms with E-state index >= 15 is 0 Å². The van der Waals surface area contributed by atoms with E-state index in [0.29, 0.717) is 6.54 Å². The Morgan fingerprint density at radius 2 is 2.24 bits per heavy atom. The fourth-order valence-electron chi connectivity index (χ4n) is 1.57. The summed E-state index contributed by atoms with van der Waals surface area (Å²) in [5, 5.41) is 12.8. The van der Waals surface area contributed by atoms with Gasteiger partial charge in [0.1, 0.15) is 5.75 Å². The van der Waals surface area contributed by atoms with Gasteiger partial charge >= 0.3 is 5.97 Å². The quantitative estimate of drug-likeness (QED) is 0.870. The molecule has 0 saturated heterocycles. The molecule has 0 unspecified atom stereocenters. The molecular weight excluding hydrogens is 220 g/mol. The average molecular weight is 232 g/mol. The van der Waals surface area contributed by atoms with Crippen LogP contribution in [-0.4, -0.2) is 28.0 Å². The number of hydrogen-bond acceptors (Lipinski definition) is 3. The lowest BCUT2D eigenvalue weighted by Gasteiger charge is -2.07. The van der Waals surface area contributed by atoms with Crippen molar-refractivity contribution in [2.75, 3.05) is 7.11 Å². The molecule has 0 atom stereocenters. The summed E-state index contributed by atoms with van der Waals surface area (Å²) in [6.45, 7) is 0.483. The lowest BCUT2D eigenvalue weighted by molar-refractivity contribution is 0.0697. The summed E-state index contributed by atoms with van der Waals surface area (Å²) >= 11 is 0. The van der Waals surface area contributed by atoms with Crippen molar-refractivity contribution in [3.63, 3.8) is 0 Å². The number of carboxylic acid groups (broad SMARTS) is 1. The Kier molecular flexibility index (Phi) is 3.09. The maximum Gasteiger partial charge on any atom is 0.338 e. The third kappa shape index (κ3) is 2.44. The normalized spacial score (nSPS) is 10.2. The highest BCUT2D eigenvalue weighted by molar-refractivity contribution is 5.86. The maximum atomic E-state index is 10.7. The fourth-order valence-corrected chi connectivity index (χ4v) is 1.57. The van der Waals surface area contributed by atoms with E-state index < -0.39 is 5.97 Å². The molecule has 0 aliphatic carbocycles. The molecule has 0 amide bonds. The number of carboxylic acids is 1. The Labute approximate surface area is 98.3 Å². The van der Waals surface area contributed by atoms with Gasteiger partial charge in [-0.15, -0.1) is 0 Å². The second kappa shape index (κ2) is 4.69. The molecule has 1 aromatic carbocycles.